The summed E-state index contributed by atoms with van der Waals surface area (Å²) < 4.78 is 27.6. The molecule has 0 radical (unpaired) electrons. The van der Waals surface area contributed by atoms with Crippen LogP contribution in [0.1, 0.15) is 32.1 Å². The van der Waals surface area contributed by atoms with Gasteiger partial charge in [-0.2, -0.15) is 0 Å². The highest BCUT2D eigenvalue weighted by atomic mass is 19.1. The number of nitrogens with zero attached hydrogens (tertiary/aromatic N) is 2. The van der Waals surface area contributed by atoms with Crippen LogP contribution in [0.2, 0.25) is 0 Å². The number of halogens is 1. The van der Waals surface area contributed by atoms with Crippen molar-refractivity contribution >= 4 is 22.7 Å². The molecule has 0 saturated carbocycles. The third-order valence-electron chi connectivity index (χ3n) is 6.63. The number of aromatic nitrogens is 2. The average molecular weight is 497 g/mol. The maximum atomic E-state index is 13.8. The first-order valence-corrected chi connectivity index (χ1v) is 11.7. The quantitative estimate of drug-likeness (QED) is 0.264. The maximum Gasteiger partial charge on any atom is 0.339 e. The highest BCUT2D eigenvalue weighted by molar-refractivity contribution is 5.95. The van der Waals surface area contributed by atoms with Gasteiger partial charge in [0.2, 0.25) is 0 Å². The molecule has 0 spiro atoms. The van der Waals surface area contributed by atoms with E-state index in [-0.39, 0.29) is 5.82 Å². The summed E-state index contributed by atoms with van der Waals surface area (Å²) in [5.41, 5.74) is 4.89. The summed E-state index contributed by atoms with van der Waals surface area (Å²) in [4.78, 5) is 25.4. The Balaban J connectivity index is 1.85. The van der Waals surface area contributed by atoms with Gasteiger partial charge in [-0.25, -0.2) is 14.0 Å². The van der Waals surface area contributed by atoms with Crippen molar-refractivity contribution in [2.45, 2.75) is 13.8 Å². The molecule has 0 N–H and O–H groups in total. The number of carbonyl (C=O) groups excluding carboxylic acids is 2. The van der Waals surface area contributed by atoms with Crippen LogP contribution in [0.25, 0.3) is 33.3 Å². The van der Waals surface area contributed by atoms with Crippen molar-refractivity contribution in [1.29, 1.82) is 0 Å². The lowest BCUT2D eigenvalue weighted by Crippen LogP contribution is -2.17. The van der Waals surface area contributed by atoms with E-state index in [4.69, 9.17) is 9.47 Å². The molecule has 0 aliphatic carbocycles. The molecule has 2 heterocycles. The van der Waals surface area contributed by atoms with Crippen molar-refractivity contribution in [2.75, 3.05) is 14.2 Å². The predicted octanol–water partition coefficient (Wildman–Crippen LogP) is 6.42. The van der Waals surface area contributed by atoms with Crippen molar-refractivity contribution in [3.8, 4) is 22.5 Å². The van der Waals surface area contributed by atoms with Crippen LogP contribution in [0, 0.1) is 19.7 Å². The van der Waals surface area contributed by atoms with Crippen LogP contribution in [0.5, 0.6) is 0 Å². The molecule has 6 nitrogen and oxygen atoms in total. The first kappa shape index (κ1) is 24.1. The third kappa shape index (κ3) is 4.08. The van der Waals surface area contributed by atoms with Gasteiger partial charge in [0.1, 0.15) is 5.82 Å². The van der Waals surface area contributed by atoms with E-state index in [0.29, 0.717) is 33.8 Å². The molecule has 2 aromatic heterocycles. The smallest absolute Gasteiger partial charge is 0.339 e. The summed E-state index contributed by atoms with van der Waals surface area (Å²) in [6.45, 7) is 3.63. The minimum Gasteiger partial charge on any atom is -0.465 e. The van der Waals surface area contributed by atoms with Crippen LogP contribution in [0.4, 0.5) is 4.39 Å². The van der Waals surface area contributed by atoms with Gasteiger partial charge in [-0.3, -0.25) is 9.35 Å². The largest absolute Gasteiger partial charge is 0.465 e. The molecule has 5 aromatic rings. The predicted molar refractivity (Wildman–Crippen MR) is 140 cm³/mol. The zero-order valence-corrected chi connectivity index (χ0v) is 20.9. The zero-order chi connectivity index (χ0) is 26.3. The van der Waals surface area contributed by atoms with E-state index in [1.165, 1.54) is 26.4 Å². The number of esters is 2. The number of ether oxygens (including phenoxy) is 2. The molecule has 7 heteroatoms. The summed E-state index contributed by atoms with van der Waals surface area (Å²) in [6.07, 6.45) is 0. The standard InChI is InChI=1S/C30H25FN2O4/c1-18-25(29(34)36-3)16-27(21-11-13-24(31)14-12-21)32(18)33-19(2)26(30(35)37-4)17-28(33)23-10-9-20-7-5-6-8-22(20)15-23/h5-17H,1-4H3. The van der Waals surface area contributed by atoms with Crippen molar-refractivity contribution < 1.29 is 23.5 Å². The van der Waals surface area contributed by atoms with Crippen LogP contribution in [-0.4, -0.2) is 35.5 Å². The number of fused-ring (bicyclic) bond motifs is 1. The maximum absolute atomic E-state index is 13.8. The summed E-state index contributed by atoms with van der Waals surface area (Å²) >= 11 is 0. The van der Waals surface area contributed by atoms with Gasteiger partial charge in [-0.05, 0) is 67.1 Å². The molecule has 3 aromatic carbocycles. The van der Waals surface area contributed by atoms with E-state index in [1.807, 2.05) is 52.7 Å². The topological polar surface area (TPSA) is 62.5 Å². The number of rotatable bonds is 5. The van der Waals surface area contributed by atoms with Crippen molar-refractivity contribution in [3.63, 3.8) is 0 Å². The van der Waals surface area contributed by atoms with Gasteiger partial charge in [-0.15, -0.1) is 0 Å². The van der Waals surface area contributed by atoms with Crippen molar-refractivity contribution in [2.24, 2.45) is 0 Å². The summed E-state index contributed by atoms with van der Waals surface area (Å²) in [5.74, 6) is -1.33. The third-order valence-corrected chi connectivity index (χ3v) is 6.63. The Bertz CT molecular complexity index is 1660. The molecule has 0 amide bonds. The first-order valence-electron chi connectivity index (χ1n) is 11.7. The van der Waals surface area contributed by atoms with E-state index >= 15 is 0 Å². The minimum atomic E-state index is -0.495. The molecule has 0 fully saturated rings. The molecule has 0 saturated heterocycles. The highest BCUT2D eigenvalue weighted by Gasteiger charge is 2.26. The van der Waals surface area contributed by atoms with Gasteiger partial charge >= 0.3 is 11.9 Å². The van der Waals surface area contributed by atoms with E-state index in [0.717, 1.165) is 22.0 Å². The van der Waals surface area contributed by atoms with Gasteiger partial charge < -0.3 is 9.47 Å². The molecule has 0 aliphatic heterocycles. The molecular formula is C30H25FN2O4. The van der Waals surface area contributed by atoms with Gasteiger partial charge in [0, 0.05) is 11.1 Å². The van der Waals surface area contributed by atoms with Crippen LogP contribution < -0.4 is 0 Å². The van der Waals surface area contributed by atoms with E-state index in [9.17, 15) is 14.0 Å². The monoisotopic (exact) mass is 496 g/mol. The molecule has 0 bridgehead atoms. The number of benzene rings is 3. The SMILES string of the molecule is COC(=O)c1cc(-c2ccc(F)cc2)n(-n2c(-c3ccc4ccccc4c3)cc(C(=O)OC)c2C)c1C. The van der Waals surface area contributed by atoms with Gasteiger partial charge in [0.05, 0.1) is 48.1 Å². The Hall–Kier alpha value is -4.65. The number of hydrogen-bond acceptors (Lipinski definition) is 4. The Morgan fingerprint density at radius 1 is 0.649 bits per heavy atom. The zero-order valence-electron chi connectivity index (χ0n) is 20.9. The van der Waals surface area contributed by atoms with Crippen LogP contribution in [0.15, 0.2) is 78.9 Å². The lowest BCUT2D eigenvalue weighted by molar-refractivity contribution is 0.0590. The fourth-order valence-electron chi connectivity index (χ4n) is 4.72. The number of methoxy groups -OCH3 is 2. The van der Waals surface area contributed by atoms with Crippen molar-refractivity contribution in [3.05, 3.63) is 107 Å². The second-order valence-electron chi connectivity index (χ2n) is 8.73. The van der Waals surface area contributed by atoms with Crippen LogP contribution >= 0.6 is 0 Å². The van der Waals surface area contributed by atoms with Crippen molar-refractivity contribution in [1.82, 2.24) is 9.35 Å². The normalized spacial score (nSPS) is 11.1. The second-order valence-corrected chi connectivity index (χ2v) is 8.73. The molecular weight excluding hydrogens is 471 g/mol. The Morgan fingerprint density at radius 2 is 1.14 bits per heavy atom. The molecule has 0 aliphatic rings. The van der Waals surface area contributed by atoms with Crippen LogP contribution in [0.3, 0.4) is 0 Å². The van der Waals surface area contributed by atoms with Crippen LogP contribution in [-0.2, 0) is 9.47 Å². The number of hydrogen-bond donors (Lipinski definition) is 0. The summed E-state index contributed by atoms with van der Waals surface area (Å²) in [5, 5.41) is 2.13. The van der Waals surface area contributed by atoms with Gasteiger partial charge in [-0.1, -0.05) is 36.4 Å². The molecule has 5 rings (SSSR count). The lowest BCUT2D eigenvalue weighted by atomic mass is 10.0. The highest BCUT2D eigenvalue weighted by Crippen LogP contribution is 2.34. The summed E-state index contributed by atoms with van der Waals surface area (Å²) in [6, 6.07) is 23.6. The Labute approximate surface area is 213 Å². The van der Waals surface area contributed by atoms with E-state index in [1.54, 1.807) is 31.2 Å². The van der Waals surface area contributed by atoms with E-state index < -0.39 is 11.9 Å². The van der Waals surface area contributed by atoms with Gasteiger partial charge in [0.25, 0.3) is 0 Å². The fraction of sp³-hybridized carbons (Fsp3) is 0.133. The summed E-state index contributed by atoms with van der Waals surface area (Å²) in [7, 11) is 2.67. The second kappa shape index (κ2) is 9.43. The average Bonchev–Trinajstić information content (AvgIpc) is 3.44. The minimum absolute atomic E-state index is 0.360. The van der Waals surface area contributed by atoms with E-state index in [2.05, 4.69) is 6.07 Å². The lowest BCUT2D eigenvalue weighted by Gasteiger charge is -2.20. The Kier molecular flexibility index (Phi) is 6.13. The van der Waals surface area contributed by atoms with Gasteiger partial charge in [0.15, 0.2) is 0 Å². The molecule has 0 atom stereocenters. The molecule has 0 unspecified atom stereocenters. The Morgan fingerprint density at radius 3 is 1.68 bits per heavy atom. The number of carbonyl (C=O) groups is 2. The first-order chi connectivity index (χ1) is 17.8. The fourth-order valence-corrected chi connectivity index (χ4v) is 4.72. The molecule has 37 heavy (non-hydrogen) atoms. The molecule has 186 valence electrons.